The normalized spacial score (nSPS) is 28.2. The second-order valence-electron chi connectivity index (χ2n) is 8.64. The van der Waals surface area contributed by atoms with Crippen molar-refractivity contribution >= 4 is 5.91 Å². The van der Waals surface area contributed by atoms with Gasteiger partial charge in [-0.2, -0.15) is 5.10 Å². The van der Waals surface area contributed by atoms with Gasteiger partial charge in [0.2, 0.25) is 5.91 Å². The fourth-order valence-corrected chi connectivity index (χ4v) is 4.53. The molecule has 4 aliphatic rings. The van der Waals surface area contributed by atoms with E-state index in [4.69, 9.17) is 4.74 Å². The first kappa shape index (κ1) is 16.4. The standard InChI is InChI=1S/C21H29N3O2/c25-21(15-3-8-19(9-4-15)26-13-14-1-2-14)24(17-5-6-17)18-7-10-20-16(11-18)12-22-23-20/h8,12,14-15,17-18H,1-7,9-11,13H2,(H,22,23). The summed E-state index contributed by atoms with van der Waals surface area (Å²) in [5.41, 5.74) is 2.57. The van der Waals surface area contributed by atoms with Gasteiger partial charge in [0.15, 0.2) is 0 Å². The van der Waals surface area contributed by atoms with Crippen LogP contribution in [0.25, 0.3) is 0 Å². The lowest BCUT2D eigenvalue weighted by Crippen LogP contribution is -2.47. The lowest BCUT2D eigenvalue weighted by atomic mass is 9.88. The van der Waals surface area contributed by atoms with Crippen LogP contribution in [-0.2, 0) is 22.4 Å². The average Bonchev–Trinajstić information content (AvgIpc) is 3.60. The predicted molar refractivity (Wildman–Crippen MR) is 98.4 cm³/mol. The number of hydrogen-bond acceptors (Lipinski definition) is 3. The first-order chi connectivity index (χ1) is 12.8. The Bertz CT molecular complexity index is 702. The minimum absolute atomic E-state index is 0.148. The monoisotopic (exact) mass is 355 g/mol. The van der Waals surface area contributed by atoms with Gasteiger partial charge in [0, 0.05) is 30.1 Å². The van der Waals surface area contributed by atoms with Gasteiger partial charge >= 0.3 is 0 Å². The van der Waals surface area contributed by atoms with Crippen molar-refractivity contribution in [3.05, 3.63) is 29.3 Å². The van der Waals surface area contributed by atoms with Crippen molar-refractivity contribution in [2.45, 2.75) is 76.3 Å². The number of carbonyl (C=O) groups excluding carboxylic acids is 1. The number of ether oxygens (including phenoxy) is 1. The van der Waals surface area contributed by atoms with Gasteiger partial charge in [-0.05, 0) is 75.3 Å². The van der Waals surface area contributed by atoms with E-state index >= 15 is 0 Å². The van der Waals surface area contributed by atoms with Crippen LogP contribution in [-0.4, -0.2) is 39.7 Å². The third-order valence-corrected chi connectivity index (χ3v) is 6.50. The molecular weight excluding hydrogens is 326 g/mol. The SMILES string of the molecule is O=C(C1CC=C(OCC2CC2)CC1)N(C1CC1)C1CCc2[nH]ncc2C1. The Morgan fingerprint density at radius 2 is 2.04 bits per heavy atom. The van der Waals surface area contributed by atoms with E-state index in [0.717, 1.165) is 56.8 Å². The Labute approximate surface area is 155 Å². The fraction of sp³-hybridized carbons (Fsp3) is 0.714. The lowest BCUT2D eigenvalue weighted by Gasteiger charge is -2.37. The van der Waals surface area contributed by atoms with Crippen LogP contribution in [0.5, 0.6) is 0 Å². The summed E-state index contributed by atoms with van der Waals surface area (Å²) >= 11 is 0. The van der Waals surface area contributed by atoms with Crippen molar-refractivity contribution < 1.29 is 9.53 Å². The van der Waals surface area contributed by atoms with Gasteiger partial charge in [-0.15, -0.1) is 0 Å². The molecule has 1 N–H and O–H groups in total. The number of carbonyl (C=O) groups is 1. The highest BCUT2D eigenvalue weighted by Crippen LogP contribution is 2.37. The summed E-state index contributed by atoms with van der Waals surface area (Å²) in [4.78, 5) is 15.6. The molecule has 5 heteroatoms. The van der Waals surface area contributed by atoms with E-state index < -0.39 is 0 Å². The summed E-state index contributed by atoms with van der Waals surface area (Å²) in [6, 6.07) is 0.842. The van der Waals surface area contributed by atoms with Gasteiger partial charge in [0.1, 0.15) is 0 Å². The van der Waals surface area contributed by atoms with E-state index in [2.05, 4.69) is 21.2 Å². The first-order valence-corrected chi connectivity index (χ1v) is 10.4. The molecule has 4 aliphatic carbocycles. The van der Waals surface area contributed by atoms with E-state index in [0.29, 0.717) is 18.0 Å². The molecule has 1 amide bonds. The highest BCUT2D eigenvalue weighted by molar-refractivity contribution is 5.80. The molecule has 140 valence electrons. The maximum Gasteiger partial charge on any atom is 0.226 e. The zero-order valence-corrected chi connectivity index (χ0v) is 15.5. The summed E-state index contributed by atoms with van der Waals surface area (Å²) in [7, 11) is 0. The zero-order valence-electron chi connectivity index (χ0n) is 15.5. The van der Waals surface area contributed by atoms with Crippen molar-refractivity contribution in [2.75, 3.05) is 6.61 Å². The Balaban J connectivity index is 1.23. The largest absolute Gasteiger partial charge is 0.498 e. The quantitative estimate of drug-likeness (QED) is 0.851. The summed E-state index contributed by atoms with van der Waals surface area (Å²) < 4.78 is 5.93. The molecule has 26 heavy (non-hydrogen) atoms. The first-order valence-electron chi connectivity index (χ1n) is 10.4. The zero-order chi connectivity index (χ0) is 17.5. The van der Waals surface area contributed by atoms with Crippen molar-refractivity contribution in [1.82, 2.24) is 15.1 Å². The van der Waals surface area contributed by atoms with Crippen molar-refractivity contribution in [3.8, 4) is 0 Å². The molecule has 0 radical (unpaired) electrons. The summed E-state index contributed by atoms with van der Waals surface area (Å²) in [5, 5.41) is 7.29. The molecule has 5 rings (SSSR count). The summed E-state index contributed by atoms with van der Waals surface area (Å²) in [6.07, 6.45) is 14.9. The van der Waals surface area contributed by atoms with Crippen LogP contribution in [0, 0.1) is 11.8 Å². The van der Waals surface area contributed by atoms with Crippen LogP contribution in [0.4, 0.5) is 0 Å². The molecule has 2 saturated carbocycles. The number of nitrogens with one attached hydrogen (secondary N) is 1. The van der Waals surface area contributed by atoms with Gasteiger partial charge in [0.05, 0.1) is 18.6 Å². The number of hydrogen-bond donors (Lipinski definition) is 1. The van der Waals surface area contributed by atoms with Gasteiger partial charge in [-0.1, -0.05) is 0 Å². The molecule has 2 fully saturated rings. The molecule has 1 heterocycles. The molecule has 0 bridgehead atoms. The Morgan fingerprint density at radius 3 is 2.77 bits per heavy atom. The van der Waals surface area contributed by atoms with Crippen LogP contribution in [0.15, 0.2) is 18.0 Å². The molecule has 0 aromatic carbocycles. The number of H-pyrrole nitrogens is 1. The Kier molecular flexibility index (Phi) is 4.26. The van der Waals surface area contributed by atoms with Crippen molar-refractivity contribution in [2.24, 2.45) is 11.8 Å². The minimum atomic E-state index is 0.148. The van der Waals surface area contributed by atoms with Gasteiger partial charge in [-0.25, -0.2) is 0 Å². The van der Waals surface area contributed by atoms with Gasteiger partial charge in [0.25, 0.3) is 0 Å². The Morgan fingerprint density at radius 1 is 1.15 bits per heavy atom. The highest BCUT2D eigenvalue weighted by Gasteiger charge is 2.41. The second-order valence-corrected chi connectivity index (χ2v) is 8.64. The number of amides is 1. The van der Waals surface area contributed by atoms with E-state index in [-0.39, 0.29) is 5.92 Å². The summed E-state index contributed by atoms with van der Waals surface area (Å²) in [5.74, 6) is 2.45. The van der Waals surface area contributed by atoms with E-state index in [9.17, 15) is 4.79 Å². The highest BCUT2D eigenvalue weighted by atomic mass is 16.5. The molecule has 1 aromatic rings. The minimum Gasteiger partial charge on any atom is -0.498 e. The topological polar surface area (TPSA) is 58.2 Å². The van der Waals surface area contributed by atoms with Crippen LogP contribution in [0.2, 0.25) is 0 Å². The van der Waals surface area contributed by atoms with Crippen LogP contribution < -0.4 is 0 Å². The second kappa shape index (κ2) is 6.75. The molecule has 0 saturated heterocycles. The average molecular weight is 355 g/mol. The maximum absolute atomic E-state index is 13.3. The number of rotatable bonds is 6. The smallest absolute Gasteiger partial charge is 0.226 e. The molecule has 1 aromatic heterocycles. The predicted octanol–water partition coefficient (Wildman–Crippen LogP) is 3.37. The molecular formula is C21H29N3O2. The third-order valence-electron chi connectivity index (χ3n) is 6.50. The number of allylic oxidation sites excluding steroid dienone is 2. The maximum atomic E-state index is 13.3. The van der Waals surface area contributed by atoms with Gasteiger partial charge < -0.3 is 9.64 Å². The van der Waals surface area contributed by atoms with Crippen molar-refractivity contribution in [1.29, 1.82) is 0 Å². The number of aromatic nitrogens is 2. The number of aryl methyl sites for hydroxylation is 1. The Hall–Kier alpha value is -1.78. The number of aromatic amines is 1. The number of nitrogens with zero attached hydrogens (tertiary/aromatic N) is 2. The molecule has 0 aliphatic heterocycles. The molecule has 5 nitrogen and oxygen atoms in total. The van der Waals surface area contributed by atoms with E-state index in [1.54, 1.807) is 0 Å². The fourth-order valence-electron chi connectivity index (χ4n) is 4.53. The summed E-state index contributed by atoms with van der Waals surface area (Å²) in [6.45, 7) is 0.883. The third kappa shape index (κ3) is 3.40. The molecule has 2 atom stereocenters. The van der Waals surface area contributed by atoms with E-state index in [1.807, 2.05) is 6.20 Å². The lowest BCUT2D eigenvalue weighted by molar-refractivity contribution is -0.139. The van der Waals surface area contributed by atoms with Gasteiger partial charge in [-0.3, -0.25) is 9.89 Å². The number of fused-ring (bicyclic) bond motifs is 1. The molecule has 2 unspecified atom stereocenters. The molecule has 0 spiro atoms. The van der Waals surface area contributed by atoms with E-state index in [1.165, 1.54) is 36.9 Å². The van der Waals surface area contributed by atoms with Crippen LogP contribution in [0.3, 0.4) is 0 Å². The van der Waals surface area contributed by atoms with Crippen LogP contribution >= 0.6 is 0 Å². The van der Waals surface area contributed by atoms with Crippen molar-refractivity contribution in [3.63, 3.8) is 0 Å². The van der Waals surface area contributed by atoms with Crippen LogP contribution in [0.1, 0.15) is 62.6 Å².